The fraction of sp³-hybridized carbons (Fsp3) is 0.579. The van der Waals surface area contributed by atoms with E-state index in [9.17, 15) is 31.5 Å². The van der Waals surface area contributed by atoms with Crippen LogP contribution >= 0.6 is 0 Å². The van der Waals surface area contributed by atoms with E-state index < -0.39 is 48.1 Å². The average Bonchev–Trinajstić information content (AvgIpc) is 2.98. The maximum Gasteiger partial charge on any atom is 0.389 e. The van der Waals surface area contributed by atoms with Crippen LogP contribution in [-0.2, 0) is 22.7 Å². The molecular formula is C19H20F5N5O2. The molecule has 0 radical (unpaired) electrons. The van der Waals surface area contributed by atoms with Crippen LogP contribution < -0.4 is 10.6 Å². The first-order chi connectivity index (χ1) is 14.5. The van der Waals surface area contributed by atoms with Crippen molar-refractivity contribution in [3.8, 4) is 0 Å². The number of rotatable bonds is 7. The molecule has 1 unspecified atom stereocenters. The minimum Gasteiger partial charge on any atom is -0.352 e. The number of nitrogens with zero attached hydrogens (tertiary/aromatic N) is 3. The lowest BCUT2D eigenvalue weighted by Gasteiger charge is -2.25. The molecule has 0 aliphatic heterocycles. The van der Waals surface area contributed by atoms with E-state index in [-0.39, 0.29) is 13.1 Å². The van der Waals surface area contributed by atoms with Gasteiger partial charge in [0.15, 0.2) is 5.65 Å². The van der Waals surface area contributed by atoms with Gasteiger partial charge < -0.3 is 10.6 Å². The molecule has 2 N–H and O–H groups in total. The van der Waals surface area contributed by atoms with Crippen molar-refractivity contribution < 1.29 is 31.5 Å². The van der Waals surface area contributed by atoms with Gasteiger partial charge in [-0.1, -0.05) is 6.42 Å². The van der Waals surface area contributed by atoms with Crippen LogP contribution in [0, 0.1) is 11.3 Å². The van der Waals surface area contributed by atoms with Gasteiger partial charge in [-0.15, -0.1) is 0 Å². The lowest BCUT2D eigenvalue weighted by Crippen LogP contribution is -2.29. The summed E-state index contributed by atoms with van der Waals surface area (Å²) in [5, 5.41) is 8.99. The molecule has 168 valence electrons. The summed E-state index contributed by atoms with van der Waals surface area (Å²) in [6.07, 6.45) is -1.85. The third kappa shape index (κ3) is 4.07. The van der Waals surface area contributed by atoms with Gasteiger partial charge >= 0.3 is 6.18 Å². The number of carbonyl (C=O) groups is 2. The van der Waals surface area contributed by atoms with Crippen molar-refractivity contribution in [1.29, 1.82) is 0 Å². The number of halogens is 5. The number of amides is 2. The van der Waals surface area contributed by atoms with Gasteiger partial charge in [-0.2, -0.15) is 18.3 Å². The molecule has 2 heterocycles. The molecule has 1 atom stereocenters. The summed E-state index contributed by atoms with van der Waals surface area (Å²) in [6, 6.07) is 1.58. The zero-order valence-electron chi connectivity index (χ0n) is 16.3. The van der Waals surface area contributed by atoms with Crippen molar-refractivity contribution >= 4 is 17.5 Å². The van der Waals surface area contributed by atoms with Crippen LogP contribution in [0.5, 0.6) is 0 Å². The highest BCUT2D eigenvalue weighted by Crippen LogP contribution is 2.75. The van der Waals surface area contributed by atoms with Crippen LogP contribution in [0.1, 0.15) is 43.4 Å². The van der Waals surface area contributed by atoms with Crippen molar-refractivity contribution in [3.05, 3.63) is 29.7 Å². The summed E-state index contributed by atoms with van der Waals surface area (Å²) >= 11 is 0. The Hall–Kier alpha value is -2.79. The second-order valence-electron chi connectivity index (χ2n) is 8.07. The van der Waals surface area contributed by atoms with Crippen LogP contribution in [0.15, 0.2) is 18.5 Å². The van der Waals surface area contributed by atoms with Gasteiger partial charge in [0, 0.05) is 13.0 Å². The molecule has 2 aromatic heterocycles. The highest BCUT2D eigenvalue weighted by molar-refractivity contribution is 5.85. The zero-order valence-corrected chi connectivity index (χ0v) is 16.3. The number of fused-ring (bicyclic) bond motifs is 1. The monoisotopic (exact) mass is 445 g/mol. The molecular weight excluding hydrogens is 425 g/mol. The van der Waals surface area contributed by atoms with Gasteiger partial charge in [0.2, 0.25) is 11.8 Å². The van der Waals surface area contributed by atoms with Crippen LogP contribution in [-0.4, -0.2) is 38.5 Å². The second-order valence-corrected chi connectivity index (χ2v) is 8.07. The van der Waals surface area contributed by atoms with Crippen molar-refractivity contribution in [2.75, 3.05) is 0 Å². The first-order valence-electron chi connectivity index (χ1n) is 9.84. The molecule has 0 bridgehead atoms. The van der Waals surface area contributed by atoms with E-state index in [1.807, 2.05) is 0 Å². The Kier molecular flexibility index (Phi) is 5.13. The molecule has 7 nitrogen and oxygen atoms in total. The third-order valence-corrected chi connectivity index (χ3v) is 6.00. The van der Waals surface area contributed by atoms with Gasteiger partial charge in [0.1, 0.15) is 5.92 Å². The maximum atomic E-state index is 13.9. The average molecular weight is 445 g/mol. The van der Waals surface area contributed by atoms with Crippen LogP contribution in [0.2, 0.25) is 0 Å². The van der Waals surface area contributed by atoms with Crippen LogP contribution in [0.4, 0.5) is 22.0 Å². The van der Waals surface area contributed by atoms with Gasteiger partial charge in [-0.25, -0.2) is 18.3 Å². The highest BCUT2D eigenvalue weighted by Gasteiger charge is 2.84. The summed E-state index contributed by atoms with van der Waals surface area (Å²) in [5.41, 5.74) is 0.174. The quantitative estimate of drug-likeness (QED) is 0.642. The minimum atomic E-state index is -4.40. The lowest BCUT2D eigenvalue weighted by molar-refractivity contribution is -0.144. The van der Waals surface area contributed by atoms with Gasteiger partial charge in [0.25, 0.3) is 5.92 Å². The van der Waals surface area contributed by atoms with Crippen molar-refractivity contribution in [3.63, 3.8) is 0 Å². The molecule has 2 amide bonds. The van der Waals surface area contributed by atoms with E-state index in [0.717, 1.165) is 0 Å². The molecule has 0 aromatic carbocycles. The molecule has 2 fully saturated rings. The Bertz CT molecular complexity index is 1010. The molecule has 0 saturated heterocycles. The number of imidazole rings is 1. The van der Waals surface area contributed by atoms with E-state index in [1.54, 1.807) is 6.07 Å². The Morgan fingerprint density at radius 1 is 1.19 bits per heavy atom. The summed E-state index contributed by atoms with van der Waals surface area (Å²) in [7, 11) is 0. The predicted octanol–water partition coefficient (Wildman–Crippen LogP) is 2.74. The Morgan fingerprint density at radius 3 is 2.55 bits per heavy atom. The summed E-state index contributed by atoms with van der Waals surface area (Å²) < 4.78 is 65.7. The van der Waals surface area contributed by atoms with E-state index in [4.69, 9.17) is 0 Å². The van der Waals surface area contributed by atoms with Gasteiger partial charge in [-0.05, 0) is 24.5 Å². The lowest BCUT2D eigenvalue weighted by atomic mass is 9.79. The summed E-state index contributed by atoms with van der Waals surface area (Å²) in [5.74, 6) is -5.65. The predicted molar refractivity (Wildman–Crippen MR) is 96.7 cm³/mol. The normalized spacial score (nSPS) is 21.0. The number of hydrogen-bond acceptors (Lipinski definition) is 4. The maximum absolute atomic E-state index is 13.9. The Morgan fingerprint density at radius 2 is 1.94 bits per heavy atom. The fourth-order valence-electron chi connectivity index (χ4n) is 4.08. The molecule has 1 spiro atoms. The molecule has 2 saturated carbocycles. The number of hydrogen-bond donors (Lipinski definition) is 2. The van der Waals surface area contributed by atoms with Crippen LogP contribution in [0.3, 0.4) is 0 Å². The smallest absolute Gasteiger partial charge is 0.352 e. The molecule has 2 aromatic rings. The third-order valence-electron chi connectivity index (χ3n) is 6.00. The second kappa shape index (κ2) is 7.41. The number of aromatic nitrogens is 3. The SMILES string of the molecule is O=C(CCC(F)(F)F)NCc1cnn2cc(CNC(=O)C3C(F)(F)C34CCC4)nc2c1. The Labute approximate surface area is 173 Å². The van der Waals surface area contributed by atoms with Crippen molar-refractivity contribution in [2.45, 2.75) is 57.3 Å². The molecule has 31 heavy (non-hydrogen) atoms. The van der Waals surface area contributed by atoms with Gasteiger partial charge in [0.05, 0.1) is 36.5 Å². The topological polar surface area (TPSA) is 88.4 Å². The van der Waals surface area contributed by atoms with Crippen molar-refractivity contribution in [2.24, 2.45) is 11.3 Å². The molecule has 2 aliphatic rings. The van der Waals surface area contributed by atoms with E-state index in [2.05, 4.69) is 20.7 Å². The van der Waals surface area contributed by atoms with Gasteiger partial charge in [-0.3, -0.25) is 9.59 Å². The van der Waals surface area contributed by atoms with E-state index in [0.29, 0.717) is 36.2 Å². The first-order valence-corrected chi connectivity index (χ1v) is 9.84. The highest BCUT2D eigenvalue weighted by atomic mass is 19.4. The van der Waals surface area contributed by atoms with E-state index in [1.165, 1.54) is 16.9 Å². The van der Waals surface area contributed by atoms with Crippen LogP contribution in [0.25, 0.3) is 5.65 Å². The molecule has 12 heteroatoms. The number of nitrogens with one attached hydrogen (secondary N) is 2. The summed E-state index contributed by atoms with van der Waals surface area (Å²) in [6.45, 7) is -0.0493. The zero-order chi connectivity index (χ0) is 22.4. The first kappa shape index (κ1) is 21.4. The van der Waals surface area contributed by atoms with Crippen molar-refractivity contribution in [1.82, 2.24) is 25.2 Å². The standard InChI is InChI=1S/C19H20F5N5O2/c20-18(21,22)5-2-14(30)25-7-11-6-13-28-12(10-29(13)27-8-11)9-26-16(31)15-17(3-1-4-17)19(15,23)24/h6,8,10,15H,1-5,7,9H2,(H,25,30)(H,26,31). The number of carbonyl (C=O) groups excluding carboxylic acids is 2. The fourth-order valence-corrected chi connectivity index (χ4v) is 4.08. The summed E-state index contributed by atoms with van der Waals surface area (Å²) in [4.78, 5) is 28.0. The van der Waals surface area contributed by atoms with E-state index >= 15 is 0 Å². The largest absolute Gasteiger partial charge is 0.389 e. The Balaban J connectivity index is 1.31. The minimum absolute atomic E-state index is 0.0159. The molecule has 2 aliphatic carbocycles. The number of alkyl halides is 5. The molecule has 4 rings (SSSR count).